The summed E-state index contributed by atoms with van der Waals surface area (Å²) in [5.74, 6) is -3.69. The average molecular weight is 341 g/mol. The van der Waals surface area contributed by atoms with Crippen molar-refractivity contribution in [3.05, 3.63) is 46.9 Å². The Kier molecular flexibility index (Phi) is 4.09. The first kappa shape index (κ1) is 15.9. The number of thioether (sulfide) groups is 1. The Bertz CT molecular complexity index is 776. The van der Waals surface area contributed by atoms with Crippen LogP contribution in [0.15, 0.2) is 18.3 Å². The van der Waals surface area contributed by atoms with Crippen molar-refractivity contribution in [3.8, 4) is 0 Å². The number of amides is 1. The molecular formula is C15H14F3N3OS. The number of anilines is 1. The maximum absolute atomic E-state index is 14.2. The van der Waals surface area contributed by atoms with Crippen molar-refractivity contribution in [2.24, 2.45) is 0 Å². The summed E-state index contributed by atoms with van der Waals surface area (Å²) < 4.78 is 42.5. The lowest BCUT2D eigenvalue weighted by atomic mass is 10.1. The van der Waals surface area contributed by atoms with Crippen LogP contribution < -0.4 is 5.32 Å². The smallest absolute Gasteiger partial charge is 0.235 e. The molecule has 1 N–H and O–H groups in total. The van der Waals surface area contributed by atoms with E-state index >= 15 is 0 Å². The Hall–Kier alpha value is -1.96. The minimum Gasteiger partial charge on any atom is -0.310 e. The van der Waals surface area contributed by atoms with E-state index in [0.29, 0.717) is 11.4 Å². The topological polar surface area (TPSA) is 46.9 Å². The van der Waals surface area contributed by atoms with Crippen LogP contribution in [0, 0.1) is 17.5 Å². The predicted octanol–water partition coefficient (Wildman–Crippen LogP) is 3.66. The third-order valence-corrected chi connectivity index (χ3v) is 4.85. The molecule has 122 valence electrons. The molecule has 2 aromatic rings. The molecule has 1 aromatic heterocycles. The molecule has 8 heteroatoms. The van der Waals surface area contributed by atoms with Crippen molar-refractivity contribution in [2.45, 2.75) is 25.1 Å². The Labute approximate surface area is 135 Å². The number of halogens is 3. The van der Waals surface area contributed by atoms with E-state index in [1.807, 2.05) is 13.8 Å². The first-order valence-electron chi connectivity index (χ1n) is 7.02. The normalized spacial score (nSPS) is 17.8. The number of aromatic nitrogens is 2. The molecule has 1 aliphatic rings. The number of nitrogens with zero attached hydrogens (tertiary/aromatic N) is 2. The van der Waals surface area contributed by atoms with Crippen molar-refractivity contribution in [3.63, 3.8) is 0 Å². The number of fused-ring (bicyclic) bond motifs is 1. The zero-order valence-corrected chi connectivity index (χ0v) is 13.3. The highest BCUT2D eigenvalue weighted by atomic mass is 32.2. The van der Waals surface area contributed by atoms with Crippen molar-refractivity contribution < 1.29 is 18.0 Å². The van der Waals surface area contributed by atoms with Gasteiger partial charge in [-0.15, -0.1) is 11.8 Å². The number of carbonyl (C=O) groups is 1. The van der Waals surface area contributed by atoms with Gasteiger partial charge >= 0.3 is 0 Å². The van der Waals surface area contributed by atoms with Crippen LogP contribution >= 0.6 is 11.8 Å². The molecule has 0 radical (unpaired) electrons. The highest BCUT2D eigenvalue weighted by Crippen LogP contribution is 2.43. The summed E-state index contributed by atoms with van der Waals surface area (Å²) in [5, 5.41) is 6.32. The van der Waals surface area contributed by atoms with Gasteiger partial charge < -0.3 is 5.32 Å². The van der Waals surface area contributed by atoms with Crippen LogP contribution in [0.5, 0.6) is 0 Å². The van der Waals surface area contributed by atoms with E-state index in [1.54, 1.807) is 4.68 Å². The third kappa shape index (κ3) is 2.71. The van der Waals surface area contributed by atoms with Crippen molar-refractivity contribution >= 4 is 23.5 Å². The SMILES string of the molecule is CC(C)n1ncc2c1NC(=O)CS[C@H]2c1ccc(F)c(F)c1F. The summed E-state index contributed by atoms with van der Waals surface area (Å²) in [6.45, 7) is 3.79. The lowest BCUT2D eigenvalue weighted by Gasteiger charge is -2.16. The maximum atomic E-state index is 14.2. The van der Waals surface area contributed by atoms with E-state index in [2.05, 4.69) is 10.4 Å². The number of rotatable bonds is 2. The Balaban J connectivity index is 2.15. The summed E-state index contributed by atoms with van der Waals surface area (Å²) in [6, 6.07) is 2.08. The molecule has 0 unspecified atom stereocenters. The van der Waals surface area contributed by atoms with Crippen molar-refractivity contribution in [1.82, 2.24) is 9.78 Å². The minimum atomic E-state index is -1.51. The van der Waals surface area contributed by atoms with Gasteiger partial charge in [-0.1, -0.05) is 6.07 Å². The van der Waals surface area contributed by atoms with Crippen LogP contribution in [0.3, 0.4) is 0 Å². The fourth-order valence-corrected chi connectivity index (χ4v) is 3.61. The summed E-state index contributed by atoms with van der Waals surface area (Å²) in [6.07, 6.45) is 1.53. The van der Waals surface area contributed by atoms with Gasteiger partial charge in [0.15, 0.2) is 17.5 Å². The summed E-state index contributed by atoms with van der Waals surface area (Å²) in [7, 11) is 0. The second-order valence-electron chi connectivity index (χ2n) is 5.49. The summed E-state index contributed by atoms with van der Waals surface area (Å²) >= 11 is 1.15. The van der Waals surface area contributed by atoms with Crippen LogP contribution in [0.2, 0.25) is 0 Å². The average Bonchev–Trinajstić information content (AvgIpc) is 2.83. The van der Waals surface area contributed by atoms with E-state index in [-0.39, 0.29) is 23.3 Å². The van der Waals surface area contributed by atoms with E-state index in [9.17, 15) is 18.0 Å². The molecule has 2 heterocycles. The molecule has 1 aromatic carbocycles. The van der Waals surface area contributed by atoms with Crippen LogP contribution in [0.1, 0.15) is 36.3 Å². The zero-order chi connectivity index (χ0) is 16.7. The van der Waals surface area contributed by atoms with Gasteiger partial charge in [0.05, 0.1) is 17.2 Å². The van der Waals surface area contributed by atoms with E-state index in [0.717, 1.165) is 17.8 Å². The number of benzene rings is 1. The Morgan fingerprint density at radius 1 is 1.26 bits per heavy atom. The van der Waals surface area contributed by atoms with Crippen molar-refractivity contribution in [1.29, 1.82) is 0 Å². The van der Waals surface area contributed by atoms with Gasteiger partial charge in [-0.3, -0.25) is 4.79 Å². The van der Waals surface area contributed by atoms with Crippen molar-refractivity contribution in [2.75, 3.05) is 11.1 Å². The molecule has 3 rings (SSSR count). The molecule has 0 saturated carbocycles. The third-order valence-electron chi connectivity index (χ3n) is 3.58. The van der Waals surface area contributed by atoms with Gasteiger partial charge in [0.25, 0.3) is 0 Å². The first-order valence-corrected chi connectivity index (χ1v) is 8.07. The molecule has 4 nitrogen and oxygen atoms in total. The number of hydrogen-bond acceptors (Lipinski definition) is 3. The highest BCUT2D eigenvalue weighted by molar-refractivity contribution is 8.00. The quantitative estimate of drug-likeness (QED) is 0.848. The van der Waals surface area contributed by atoms with E-state index < -0.39 is 22.7 Å². The Morgan fingerprint density at radius 3 is 2.70 bits per heavy atom. The molecule has 1 atom stereocenters. The van der Waals surface area contributed by atoms with Crippen LogP contribution in [0.4, 0.5) is 19.0 Å². The lowest BCUT2D eigenvalue weighted by Crippen LogP contribution is -2.17. The van der Waals surface area contributed by atoms with Gasteiger partial charge in [0.1, 0.15) is 5.82 Å². The number of nitrogens with one attached hydrogen (secondary N) is 1. The number of hydrogen-bond donors (Lipinski definition) is 1. The maximum Gasteiger partial charge on any atom is 0.235 e. The molecule has 0 spiro atoms. The first-order chi connectivity index (χ1) is 10.9. The molecule has 0 aliphatic carbocycles. The van der Waals surface area contributed by atoms with E-state index in [1.165, 1.54) is 12.3 Å². The summed E-state index contributed by atoms with van der Waals surface area (Å²) in [4.78, 5) is 11.9. The second kappa shape index (κ2) is 5.92. The predicted molar refractivity (Wildman–Crippen MR) is 81.9 cm³/mol. The van der Waals surface area contributed by atoms with Gasteiger partial charge in [-0.05, 0) is 19.9 Å². The molecule has 1 amide bonds. The minimum absolute atomic E-state index is 0.00467. The molecular weight excluding hydrogens is 327 g/mol. The fraction of sp³-hybridized carbons (Fsp3) is 0.333. The summed E-state index contributed by atoms with van der Waals surface area (Å²) in [5.41, 5.74) is 0.564. The second-order valence-corrected chi connectivity index (χ2v) is 6.58. The van der Waals surface area contributed by atoms with Gasteiger partial charge in [0, 0.05) is 17.2 Å². The Morgan fingerprint density at radius 2 is 2.00 bits per heavy atom. The monoisotopic (exact) mass is 341 g/mol. The molecule has 0 bridgehead atoms. The van der Waals surface area contributed by atoms with Crippen LogP contribution in [-0.4, -0.2) is 21.4 Å². The molecule has 0 saturated heterocycles. The highest BCUT2D eigenvalue weighted by Gasteiger charge is 2.31. The van der Waals surface area contributed by atoms with Crippen LogP contribution in [0.25, 0.3) is 0 Å². The molecule has 0 fully saturated rings. The van der Waals surface area contributed by atoms with E-state index in [4.69, 9.17) is 0 Å². The largest absolute Gasteiger partial charge is 0.310 e. The molecule has 1 aliphatic heterocycles. The standard InChI is InChI=1S/C15H14F3N3OS/c1-7(2)21-15-9(5-19-21)14(23-6-11(22)20-15)8-3-4-10(16)13(18)12(8)17/h3-5,7,14H,6H2,1-2H3,(H,20,22)/t14-/m0/s1. The lowest BCUT2D eigenvalue weighted by molar-refractivity contribution is -0.113. The van der Waals surface area contributed by atoms with Gasteiger partial charge in [0.2, 0.25) is 5.91 Å². The molecule has 23 heavy (non-hydrogen) atoms. The van der Waals surface area contributed by atoms with Gasteiger partial charge in [-0.2, -0.15) is 5.10 Å². The fourth-order valence-electron chi connectivity index (χ4n) is 2.51. The number of carbonyl (C=O) groups excluding carboxylic acids is 1. The zero-order valence-electron chi connectivity index (χ0n) is 12.4. The van der Waals surface area contributed by atoms with Crippen LogP contribution in [-0.2, 0) is 4.79 Å². The van der Waals surface area contributed by atoms with Gasteiger partial charge in [-0.25, -0.2) is 17.9 Å².